The predicted molar refractivity (Wildman–Crippen MR) is 89.2 cm³/mol. The number of carbonyl (C=O) groups is 1. The summed E-state index contributed by atoms with van der Waals surface area (Å²) in [6.45, 7) is 4.18. The smallest absolute Gasteiger partial charge is 0.254 e. The van der Waals surface area contributed by atoms with Crippen LogP contribution in [0.25, 0.3) is 0 Å². The van der Waals surface area contributed by atoms with Crippen LogP contribution < -0.4 is 0 Å². The van der Waals surface area contributed by atoms with E-state index in [9.17, 15) is 4.79 Å². The van der Waals surface area contributed by atoms with Crippen LogP contribution >= 0.6 is 11.3 Å². The minimum atomic E-state index is 0.137. The second-order valence-corrected chi connectivity index (χ2v) is 6.70. The van der Waals surface area contributed by atoms with E-state index < -0.39 is 0 Å². The van der Waals surface area contributed by atoms with E-state index in [1.807, 2.05) is 42.2 Å². The van der Waals surface area contributed by atoms with Crippen LogP contribution in [0, 0.1) is 6.92 Å². The van der Waals surface area contributed by atoms with E-state index >= 15 is 0 Å². The fraction of sp³-hybridized carbons (Fsp3) is 0.389. The Bertz CT molecular complexity index is 618. The third-order valence-corrected chi connectivity index (χ3v) is 5.04. The molecule has 0 bridgehead atoms. The molecule has 1 aromatic heterocycles. The summed E-state index contributed by atoms with van der Waals surface area (Å²) in [5.41, 5.74) is 1.85. The van der Waals surface area contributed by atoms with Gasteiger partial charge >= 0.3 is 0 Å². The number of rotatable bonds is 4. The van der Waals surface area contributed by atoms with E-state index in [0.717, 1.165) is 37.2 Å². The van der Waals surface area contributed by atoms with Crippen LogP contribution in [0.1, 0.15) is 33.6 Å². The Balaban J connectivity index is 1.86. The van der Waals surface area contributed by atoms with Gasteiger partial charge in [-0.2, -0.15) is 0 Å². The summed E-state index contributed by atoms with van der Waals surface area (Å²) in [7, 11) is 0. The van der Waals surface area contributed by atoms with E-state index in [2.05, 4.69) is 11.4 Å². The molecule has 0 aliphatic carbocycles. The molecule has 116 valence electrons. The lowest BCUT2D eigenvalue weighted by Gasteiger charge is -2.34. The Morgan fingerprint density at radius 1 is 1.23 bits per heavy atom. The molecular weight excluding hydrogens is 294 g/mol. The Morgan fingerprint density at radius 2 is 2.00 bits per heavy atom. The predicted octanol–water partition coefficient (Wildman–Crippen LogP) is 3.88. The van der Waals surface area contributed by atoms with Crippen LogP contribution in [0.3, 0.4) is 0 Å². The van der Waals surface area contributed by atoms with Gasteiger partial charge in [-0.05, 0) is 42.8 Å². The zero-order chi connectivity index (χ0) is 15.4. The lowest BCUT2D eigenvalue weighted by molar-refractivity contribution is 0.0269. The quantitative estimate of drug-likeness (QED) is 0.857. The Kier molecular flexibility index (Phi) is 4.90. The van der Waals surface area contributed by atoms with Crippen LogP contribution in [0.2, 0.25) is 0 Å². The second-order valence-electron chi connectivity index (χ2n) is 5.67. The first-order chi connectivity index (χ1) is 10.8. The first-order valence-corrected chi connectivity index (χ1v) is 8.60. The number of hydrogen-bond acceptors (Lipinski definition) is 3. The minimum absolute atomic E-state index is 0.137. The van der Waals surface area contributed by atoms with Gasteiger partial charge in [0.2, 0.25) is 0 Å². The number of nitrogens with zero attached hydrogens (tertiary/aromatic N) is 1. The second kappa shape index (κ2) is 7.07. The summed E-state index contributed by atoms with van der Waals surface area (Å²) in [5, 5.41) is 2.07. The molecule has 0 N–H and O–H groups in total. The van der Waals surface area contributed by atoms with Crippen molar-refractivity contribution in [3.8, 4) is 0 Å². The molecule has 3 nitrogen and oxygen atoms in total. The molecule has 0 spiro atoms. The van der Waals surface area contributed by atoms with Crippen molar-refractivity contribution in [2.75, 3.05) is 13.2 Å². The molecule has 2 heterocycles. The Labute approximate surface area is 135 Å². The lowest BCUT2D eigenvalue weighted by Crippen LogP contribution is -2.43. The summed E-state index contributed by atoms with van der Waals surface area (Å²) in [6.07, 6.45) is 1.84. The summed E-state index contributed by atoms with van der Waals surface area (Å²) < 4.78 is 5.46. The van der Waals surface area contributed by atoms with Crippen molar-refractivity contribution < 1.29 is 9.53 Å². The normalized spacial score (nSPS) is 15.7. The highest BCUT2D eigenvalue weighted by atomic mass is 32.1. The summed E-state index contributed by atoms with van der Waals surface area (Å²) >= 11 is 1.71. The van der Waals surface area contributed by atoms with Crippen molar-refractivity contribution in [2.24, 2.45) is 0 Å². The Hall–Kier alpha value is -1.65. The zero-order valence-corrected chi connectivity index (χ0v) is 13.6. The number of amides is 1. The van der Waals surface area contributed by atoms with E-state index in [1.54, 1.807) is 11.3 Å². The molecule has 0 atom stereocenters. The fourth-order valence-corrected chi connectivity index (χ4v) is 3.60. The molecule has 1 fully saturated rings. The lowest BCUT2D eigenvalue weighted by atomic mass is 10.0. The SMILES string of the molecule is Cc1ccccc1C(=O)N(Cc1cccs1)C1CCOCC1. The third kappa shape index (κ3) is 3.39. The molecule has 1 aromatic carbocycles. The molecule has 1 aliphatic rings. The van der Waals surface area contributed by atoms with Crippen molar-refractivity contribution in [3.63, 3.8) is 0 Å². The monoisotopic (exact) mass is 315 g/mol. The molecule has 0 unspecified atom stereocenters. The van der Waals surface area contributed by atoms with Gasteiger partial charge in [0.05, 0.1) is 6.54 Å². The number of ether oxygens (including phenoxy) is 1. The van der Waals surface area contributed by atoms with Crippen molar-refractivity contribution in [1.82, 2.24) is 4.90 Å². The van der Waals surface area contributed by atoms with Crippen LogP contribution in [-0.2, 0) is 11.3 Å². The minimum Gasteiger partial charge on any atom is -0.381 e. The number of benzene rings is 1. The number of hydrogen-bond donors (Lipinski definition) is 0. The first kappa shape index (κ1) is 15.3. The Morgan fingerprint density at radius 3 is 2.68 bits per heavy atom. The molecule has 0 saturated carbocycles. The van der Waals surface area contributed by atoms with Crippen LogP contribution in [0.5, 0.6) is 0 Å². The summed E-state index contributed by atoms with van der Waals surface area (Å²) in [6, 6.07) is 12.3. The highest BCUT2D eigenvalue weighted by molar-refractivity contribution is 7.09. The molecular formula is C18H21NO2S. The average molecular weight is 315 g/mol. The van der Waals surface area contributed by atoms with Gasteiger partial charge in [0.25, 0.3) is 5.91 Å². The summed E-state index contributed by atoms with van der Waals surface area (Å²) in [5.74, 6) is 0.137. The molecule has 1 aliphatic heterocycles. The highest BCUT2D eigenvalue weighted by Gasteiger charge is 2.27. The van der Waals surface area contributed by atoms with Gasteiger partial charge in [-0.25, -0.2) is 0 Å². The van der Waals surface area contributed by atoms with Crippen molar-refractivity contribution >= 4 is 17.2 Å². The van der Waals surface area contributed by atoms with Crippen molar-refractivity contribution in [2.45, 2.75) is 32.4 Å². The third-order valence-electron chi connectivity index (χ3n) is 4.17. The summed E-state index contributed by atoms with van der Waals surface area (Å²) in [4.78, 5) is 16.3. The van der Waals surface area contributed by atoms with Crippen LogP contribution in [-0.4, -0.2) is 30.1 Å². The molecule has 1 amide bonds. The molecule has 0 radical (unpaired) electrons. The number of thiophene rings is 1. The van der Waals surface area contributed by atoms with E-state index in [0.29, 0.717) is 6.54 Å². The molecule has 3 rings (SSSR count). The molecule has 4 heteroatoms. The van der Waals surface area contributed by atoms with Gasteiger partial charge < -0.3 is 9.64 Å². The van der Waals surface area contributed by atoms with Gasteiger partial charge in [-0.3, -0.25) is 4.79 Å². The number of carbonyl (C=O) groups excluding carboxylic acids is 1. The van der Waals surface area contributed by atoms with Gasteiger partial charge in [-0.15, -0.1) is 11.3 Å². The number of aryl methyl sites for hydroxylation is 1. The van der Waals surface area contributed by atoms with E-state index in [4.69, 9.17) is 4.74 Å². The maximum atomic E-state index is 13.1. The first-order valence-electron chi connectivity index (χ1n) is 7.72. The fourth-order valence-electron chi connectivity index (χ4n) is 2.90. The van der Waals surface area contributed by atoms with E-state index in [1.165, 1.54) is 4.88 Å². The largest absolute Gasteiger partial charge is 0.381 e. The van der Waals surface area contributed by atoms with Crippen molar-refractivity contribution in [3.05, 3.63) is 57.8 Å². The van der Waals surface area contributed by atoms with Gasteiger partial charge in [0.1, 0.15) is 0 Å². The van der Waals surface area contributed by atoms with E-state index in [-0.39, 0.29) is 11.9 Å². The van der Waals surface area contributed by atoms with Crippen LogP contribution in [0.15, 0.2) is 41.8 Å². The maximum Gasteiger partial charge on any atom is 0.254 e. The van der Waals surface area contributed by atoms with Gasteiger partial charge in [-0.1, -0.05) is 24.3 Å². The molecule has 1 saturated heterocycles. The standard InChI is InChI=1S/C18H21NO2S/c1-14-5-2-3-7-17(14)18(20)19(13-16-6-4-12-22-16)15-8-10-21-11-9-15/h2-7,12,15H,8-11,13H2,1H3. The molecule has 22 heavy (non-hydrogen) atoms. The van der Waals surface area contributed by atoms with Crippen LogP contribution in [0.4, 0.5) is 0 Å². The maximum absolute atomic E-state index is 13.1. The van der Waals surface area contributed by atoms with Crippen molar-refractivity contribution in [1.29, 1.82) is 0 Å². The van der Waals surface area contributed by atoms with Gasteiger partial charge in [0, 0.05) is 29.7 Å². The topological polar surface area (TPSA) is 29.5 Å². The zero-order valence-electron chi connectivity index (χ0n) is 12.8. The molecule has 2 aromatic rings. The highest BCUT2D eigenvalue weighted by Crippen LogP contribution is 2.23. The van der Waals surface area contributed by atoms with Gasteiger partial charge in [0.15, 0.2) is 0 Å². The average Bonchev–Trinajstić information content (AvgIpc) is 3.06.